The monoisotopic (exact) mass is 201 g/mol. The second-order valence-corrected chi connectivity index (χ2v) is 2.90. The van der Waals surface area contributed by atoms with Crippen molar-refractivity contribution in [3.8, 4) is 5.75 Å². The van der Waals surface area contributed by atoms with Crippen molar-refractivity contribution in [2.45, 2.75) is 12.6 Å². The predicted octanol–water partition coefficient (Wildman–Crippen LogP) is 1.83. The first kappa shape index (κ1) is 10.9. The lowest BCUT2D eigenvalue weighted by Gasteiger charge is -2.12. The number of halogens is 2. The molecule has 0 unspecified atom stereocenters. The molecule has 0 aliphatic heterocycles. The molecule has 0 radical (unpaired) electrons. The molecule has 78 valence electrons. The first-order valence-electron chi connectivity index (χ1n) is 4.37. The molecular weight excluding hydrogens is 188 g/mol. The van der Waals surface area contributed by atoms with E-state index < -0.39 is 19.5 Å². The Morgan fingerprint density at radius 2 is 2.00 bits per heavy atom. The van der Waals surface area contributed by atoms with Crippen molar-refractivity contribution in [2.75, 3.05) is 13.3 Å². The summed E-state index contributed by atoms with van der Waals surface area (Å²) in [5, 5.41) is 0. The van der Waals surface area contributed by atoms with Gasteiger partial charge in [-0.3, -0.25) is 0 Å². The standard InChI is InChI=1S/C10H13F2NO/c11-5-10(6-12)14-9-3-1-2-8(4-9)7-13/h1-4,10H,5-7,13H2. The van der Waals surface area contributed by atoms with E-state index in [0.717, 1.165) is 5.56 Å². The van der Waals surface area contributed by atoms with E-state index in [1.807, 2.05) is 6.07 Å². The fourth-order valence-corrected chi connectivity index (χ4v) is 1.04. The maximum Gasteiger partial charge on any atom is 0.155 e. The van der Waals surface area contributed by atoms with E-state index >= 15 is 0 Å². The molecule has 0 atom stereocenters. The molecule has 0 aromatic heterocycles. The minimum atomic E-state index is -1.01. The lowest BCUT2D eigenvalue weighted by atomic mass is 10.2. The van der Waals surface area contributed by atoms with Crippen molar-refractivity contribution >= 4 is 0 Å². The third-order valence-corrected chi connectivity index (χ3v) is 1.78. The molecule has 1 aromatic carbocycles. The van der Waals surface area contributed by atoms with Crippen LogP contribution in [0.4, 0.5) is 8.78 Å². The number of nitrogens with two attached hydrogens (primary N) is 1. The number of rotatable bonds is 5. The van der Waals surface area contributed by atoms with Crippen molar-refractivity contribution in [1.82, 2.24) is 0 Å². The molecule has 0 saturated carbocycles. The van der Waals surface area contributed by atoms with E-state index in [4.69, 9.17) is 10.5 Å². The van der Waals surface area contributed by atoms with Gasteiger partial charge in [0.2, 0.25) is 0 Å². The van der Waals surface area contributed by atoms with Gasteiger partial charge in [-0.05, 0) is 17.7 Å². The molecule has 0 fully saturated rings. The van der Waals surface area contributed by atoms with Crippen molar-refractivity contribution < 1.29 is 13.5 Å². The van der Waals surface area contributed by atoms with Crippen LogP contribution in [0.1, 0.15) is 5.56 Å². The molecule has 0 amide bonds. The Labute approximate surface area is 81.7 Å². The highest BCUT2D eigenvalue weighted by molar-refractivity contribution is 5.28. The van der Waals surface area contributed by atoms with Crippen LogP contribution in [0.2, 0.25) is 0 Å². The number of alkyl halides is 2. The molecule has 1 aromatic rings. The van der Waals surface area contributed by atoms with Crippen LogP contribution in [0.3, 0.4) is 0 Å². The van der Waals surface area contributed by atoms with Crippen molar-refractivity contribution in [3.63, 3.8) is 0 Å². The van der Waals surface area contributed by atoms with Gasteiger partial charge in [0.05, 0.1) is 0 Å². The summed E-state index contributed by atoms with van der Waals surface area (Å²) in [4.78, 5) is 0. The third kappa shape index (κ3) is 2.96. The first-order chi connectivity index (χ1) is 6.80. The summed E-state index contributed by atoms with van der Waals surface area (Å²) in [5.74, 6) is 0.452. The van der Waals surface area contributed by atoms with Crippen molar-refractivity contribution in [3.05, 3.63) is 29.8 Å². The zero-order chi connectivity index (χ0) is 10.4. The number of hydrogen-bond acceptors (Lipinski definition) is 2. The minimum absolute atomic E-state index is 0.382. The fraction of sp³-hybridized carbons (Fsp3) is 0.400. The van der Waals surface area contributed by atoms with Gasteiger partial charge >= 0.3 is 0 Å². The van der Waals surface area contributed by atoms with Gasteiger partial charge in [0.1, 0.15) is 19.1 Å². The summed E-state index contributed by atoms with van der Waals surface area (Å²) in [5.41, 5.74) is 6.28. The summed E-state index contributed by atoms with van der Waals surface area (Å²) in [7, 11) is 0. The van der Waals surface area contributed by atoms with Gasteiger partial charge in [-0.25, -0.2) is 8.78 Å². The van der Waals surface area contributed by atoms with Crippen LogP contribution in [0.25, 0.3) is 0 Å². The molecule has 0 bridgehead atoms. The van der Waals surface area contributed by atoms with Gasteiger partial charge in [0, 0.05) is 6.54 Å². The van der Waals surface area contributed by atoms with Gasteiger partial charge in [-0.2, -0.15) is 0 Å². The Morgan fingerprint density at radius 1 is 1.29 bits per heavy atom. The summed E-state index contributed by atoms with van der Waals surface area (Å²) in [6.07, 6.45) is -1.01. The zero-order valence-corrected chi connectivity index (χ0v) is 7.75. The molecule has 0 saturated heterocycles. The average Bonchev–Trinajstić information content (AvgIpc) is 2.26. The Kier molecular flexibility index (Phi) is 4.32. The second kappa shape index (κ2) is 5.54. The normalized spacial score (nSPS) is 10.6. The fourth-order valence-electron chi connectivity index (χ4n) is 1.04. The van der Waals surface area contributed by atoms with Crippen LogP contribution in [0.15, 0.2) is 24.3 Å². The number of benzene rings is 1. The maximum atomic E-state index is 12.1. The Bertz CT molecular complexity index is 277. The van der Waals surface area contributed by atoms with Crippen LogP contribution in [0, 0.1) is 0 Å². The van der Waals surface area contributed by atoms with E-state index in [2.05, 4.69) is 0 Å². The summed E-state index contributed by atoms with van der Waals surface area (Å²) >= 11 is 0. The van der Waals surface area contributed by atoms with Gasteiger partial charge in [-0.15, -0.1) is 0 Å². The van der Waals surface area contributed by atoms with Crippen LogP contribution in [-0.2, 0) is 6.54 Å². The largest absolute Gasteiger partial charge is 0.485 e. The maximum absolute atomic E-state index is 12.1. The lowest BCUT2D eigenvalue weighted by molar-refractivity contribution is 0.133. The van der Waals surface area contributed by atoms with E-state index in [1.165, 1.54) is 0 Å². The van der Waals surface area contributed by atoms with Crippen molar-refractivity contribution in [1.29, 1.82) is 0 Å². The SMILES string of the molecule is NCc1cccc(OC(CF)CF)c1. The summed E-state index contributed by atoms with van der Waals surface area (Å²) < 4.78 is 29.3. The molecule has 0 aliphatic carbocycles. The highest BCUT2D eigenvalue weighted by Crippen LogP contribution is 2.14. The smallest absolute Gasteiger partial charge is 0.155 e. The van der Waals surface area contributed by atoms with Gasteiger partial charge in [0.25, 0.3) is 0 Å². The highest BCUT2D eigenvalue weighted by Gasteiger charge is 2.09. The Hall–Kier alpha value is -1.16. The van der Waals surface area contributed by atoms with E-state index in [9.17, 15) is 8.78 Å². The predicted molar refractivity (Wildman–Crippen MR) is 50.7 cm³/mol. The second-order valence-electron chi connectivity index (χ2n) is 2.90. The van der Waals surface area contributed by atoms with Crippen molar-refractivity contribution in [2.24, 2.45) is 5.73 Å². The lowest BCUT2D eigenvalue weighted by Crippen LogP contribution is -2.21. The number of ether oxygens (including phenoxy) is 1. The van der Waals surface area contributed by atoms with E-state index in [1.54, 1.807) is 18.2 Å². The zero-order valence-electron chi connectivity index (χ0n) is 7.75. The molecule has 14 heavy (non-hydrogen) atoms. The van der Waals surface area contributed by atoms with E-state index in [-0.39, 0.29) is 0 Å². The van der Waals surface area contributed by atoms with Crippen LogP contribution >= 0.6 is 0 Å². The number of hydrogen-bond donors (Lipinski definition) is 1. The molecular formula is C10H13F2NO. The molecule has 2 nitrogen and oxygen atoms in total. The molecule has 1 rings (SSSR count). The molecule has 0 aliphatic rings. The summed E-state index contributed by atoms with van der Waals surface area (Å²) in [6, 6.07) is 6.90. The van der Waals surface area contributed by atoms with Gasteiger partial charge in [0.15, 0.2) is 6.10 Å². The van der Waals surface area contributed by atoms with Crippen LogP contribution < -0.4 is 10.5 Å². The topological polar surface area (TPSA) is 35.2 Å². The van der Waals surface area contributed by atoms with Crippen LogP contribution in [-0.4, -0.2) is 19.5 Å². The Balaban J connectivity index is 2.65. The highest BCUT2D eigenvalue weighted by atomic mass is 19.1. The minimum Gasteiger partial charge on any atom is -0.485 e. The average molecular weight is 201 g/mol. The third-order valence-electron chi connectivity index (χ3n) is 1.78. The molecule has 0 spiro atoms. The molecule has 2 N–H and O–H groups in total. The quantitative estimate of drug-likeness (QED) is 0.788. The van der Waals surface area contributed by atoms with Gasteiger partial charge in [-0.1, -0.05) is 12.1 Å². The molecule has 0 heterocycles. The summed E-state index contributed by atoms with van der Waals surface area (Å²) in [6.45, 7) is -1.28. The van der Waals surface area contributed by atoms with Gasteiger partial charge < -0.3 is 10.5 Å². The molecule has 4 heteroatoms. The van der Waals surface area contributed by atoms with Crippen LogP contribution in [0.5, 0.6) is 5.75 Å². The first-order valence-corrected chi connectivity index (χ1v) is 4.37. The Morgan fingerprint density at radius 3 is 2.57 bits per heavy atom. The van der Waals surface area contributed by atoms with E-state index in [0.29, 0.717) is 12.3 Å².